The molecule has 4 heteroatoms. The Morgan fingerprint density at radius 1 is 1.50 bits per heavy atom. The van der Waals surface area contributed by atoms with Gasteiger partial charge in [-0.25, -0.2) is 0 Å². The number of hydrogen-bond donors (Lipinski definition) is 1. The van der Waals surface area contributed by atoms with E-state index in [0.717, 1.165) is 18.6 Å². The molecule has 0 saturated heterocycles. The highest BCUT2D eigenvalue weighted by atomic mass is 32.2. The molecule has 18 heavy (non-hydrogen) atoms. The van der Waals surface area contributed by atoms with Gasteiger partial charge < -0.3 is 0 Å². The first-order chi connectivity index (χ1) is 8.72. The minimum Gasteiger partial charge on any atom is -0.297 e. The zero-order chi connectivity index (χ0) is 12.8. The third-order valence-electron chi connectivity index (χ3n) is 3.09. The van der Waals surface area contributed by atoms with Crippen LogP contribution < -0.4 is 5.32 Å². The van der Waals surface area contributed by atoms with Gasteiger partial charge in [-0.15, -0.1) is 11.8 Å². The fraction of sp³-hybridized carbons (Fsp3) is 0.571. The maximum atomic E-state index is 9.25. The van der Waals surface area contributed by atoms with Gasteiger partial charge in [0.05, 0.1) is 6.07 Å². The van der Waals surface area contributed by atoms with Gasteiger partial charge in [0.25, 0.3) is 0 Å². The zero-order valence-corrected chi connectivity index (χ0v) is 11.5. The monoisotopic (exact) mass is 261 g/mol. The second kappa shape index (κ2) is 6.21. The summed E-state index contributed by atoms with van der Waals surface area (Å²) in [4.78, 5) is 5.25. The van der Waals surface area contributed by atoms with Crippen LogP contribution in [0.4, 0.5) is 0 Å². The maximum absolute atomic E-state index is 9.25. The van der Waals surface area contributed by atoms with Crippen molar-refractivity contribution in [3.05, 3.63) is 24.5 Å². The molecule has 3 nitrogen and oxygen atoms in total. The smallest absolute Gasteiger partial charge is 0.104 e. The first-order valence-electron chi connectivity index (χ1n) is 6.44. The Balaban J connectivity index is 1.69. The molecule has 1 aliphatic rings. The van der Waals surface area contributed by atoms with E-state index in [9.17, 15) is 5.26 Å². The van der Waals surface area contributed by atoms with E-state index in [1.165, 1.54) is 17.7 Å². The summed E-state index contributed by atoms with van der Waals surface area (Å²) < 4.78 is 0. The third kappa shape index (κ3) is 4.32. The van der Waals surface area contributed by atoms with Crippen LogP contribution in [0, 0.1) is 11.3 Å². The van der Waals surface area contributed by atoms with Crippen molar-refractivity contribution in [3.8, 4) is 6.07 Å². The van der Waals surface area contributed by atoms with E-state index in [-0.39, 0.29) is 5.54 Å². The molecule has 0 amide bonds. The topological polar surface area (TPSA) is 48.7 Å². The molecule has 0 aromatic carbocycles. The fourth-order valence-electron chi connectivity index (χ4n) is 1.89. The van der Waals surface area contributed by atoms with E-state index in [0.29, 0.717) is 6.04 Å². The number of pyridine rings is 1. The van der Waals surface area contributed by atoms with Gasteiger partial charge in [0.2, 0.25) is 0 Å². The number of aromatic nitrogens is 1. The van der Waals surface area contributed by atoms with Crippen LogP contribution in [0.15, 0.2) is 29.4 Å². The molecule has 1 saturated carbocycles. The summed E-state index contributed by atoms with van der Waals surface area (Å²) in [6, 6.07) is 7.05. The molecule has 0 radical (unpaired) electrons. The van der Waals surface area contributed by atoms with Crippen LogP contribution in [0.1, 0.15) is 32.6 Å². The van der Waals surface area contributed by atoms with Gasteiger partial charge in [0, 0.05) is 23.3 Å². The number of nitriles is 1. The minimum atomic E-state index is -0.347. The first-order valence-corrected chi connectivity index (χ1v) is 7.42. The van der Waals surface area contributed by atoms with Crippen molar-refractivity contribution in [2.75, 3.05) is 5.75 Å². The molecule has 1 heterocycles. The quantitative estimate of drug-likeness (QED) is 0.605. The standard InChI is InChI=1S/C14H19N3S/c1-14(11-15,17-12-3-4-12)7-2-10-18-13-5-8-16-9-6-13/h5-6,8-9,12,17H,2-4,7,10H2,1H3. The van der Waals surface area contributed by atoms with Crippen LogP contribution >= 0.6 is 11.8 Å². The summed E-state index contributed by atoms with van der Waals surface area (Å²) in [6.07, 6.45) is 8.05. The van der Waals surface area contributed by atoms with Crippen LogP contribution in [0.2, 0.25) is 0 Å². The van der Waals surface area contributed by atoms with Crippen LogP contribution in [0.25, 0.3) is 0 Å². The molecule has 1 aromatic rings. The van der Waals surface area contributed by atoms with E-state index in [4.69, 9.17) is 0 Å². The Kier molecular flexibility index (Phi) is 4.62. The van der Waals surface area contributed by atoms with Crippen LogP contribution in [-0.2, 0) is 0 Å². The average Bonchev–Trinajstić information content (AvgIpc) is 3.20. The molecule has 1 atom stereocenters. The fourth-order valence-corrected chi connectivity index (χ4v) is 2.73. The summed E-state index contributed by atoms with van der Waals surface area (Å²) in [6.45, 7) is 2.02. The largest absolute Gasteiger partial charge is 0.297 e. The second-order valence-corrected chi connectivity index (χ2v) is 6.17. The molecule has 1 aromatic heterocycles. The predicted molar refractivity (Wildman–Crippen MR) is 74.4 cm³/mol. The Bertz CT molecular complexity index is 411. The molecule has 2 rings (SSSR count). The molecule has 1 fully saturated rings. The lowest BCUT2D eigenvalue weighted by Crippen LogP contribution is -2.42. The highest BCUT2D eigenvalue weighted by molar-refractivity contribution is 7.99. The summed E-state index contributed by atoms with van der Waals surface area (Å²) in [5, 5.41) is 12.7. The molecule has 1 aliphatic carbocycles. The number of rotatable bonds is 7. The maximum Gasteiger partial charge on any atom is 0.104 e. The van der Waals surface area contributed by atoms with Gasteiger partial charge in [-0.05, 0) is 50.5 Å². The lowest BCUT2D eigenvalue weighted by Gasteiger charge is -2.23. The van der Waals surface area contributed by atoms with E-state index in [2.05, 4.69) is 16.4 Å². The van der Waals surface area contributed by atoms with Crippen LogP contribution in [-0.4, -0.2) is 22.3 Å². The SMILES string of the molecule is CC(C#N)(CCCSc1ccncc1)NC1CC1. The summed E-state index contributed by atoms with van der Waals surface area (Å²) in [7, 11) is 0. The lowest BCUT2D eigenvalue weighted by atomic mass is 9.98. The van der Waals surface area contributed by atoms with E-state index >= 15 is 0 Å². The van der Waals surface area contributed by atoms with E-state index in [1.807, 2.05) is 43.2 Å². The van der Waals surface area contributed by atoms with Crippen molar-refractivity contribution >= 4 is 11.8 Å². The van der Waals surface area contributed by atoms with Gasteiger partial charge in [-0.1, -0.05) is 0 Å². The minimum absolute atomic E-state index is 0.347. The number of nitrogens with one attached hydrogen (secondary N) is 1. The van der Waals surface area contributed by atoms with Crippen molar-refractivity contribution in [1.29, 1.82) is 5.26 Å². The summed E-state index contributed by atoms with van der Waals surface area (Å²) in [5.74, 6) is 1.05. The van der Waals surface area contributed by atoms with Crippen LogP contribution in [0.5, 0.6) is 0 Å². The normalized spacial score (nSPS) is 18.0. The summed E-state index contributed by atoms with van der Waals surface area (Å²) >= 11 is 1.83. The highest BCUT2D eigenvalue weighted by Crippen LogP contribution is 2.25. The Labute approximate surface area is 113 Å². The molecule has 0 bridgehead atoms. The Morgan fingerprint density at radius 3 is 2.83 bits per heavy atom. The van der Waals surface area contributed by atoms with Gasteiger partial charge >= 0.3 is 0 Å². The molecular formula is C14H19N3S. The number of thioether (sulfide) groups is 1. The Morgan fingerprint density at radius 2 is 2.22 bits per heavy atom. The number of nitrogens with zero attached hydrogens (tertiary/aromatic N) is 2. The molecule has 1 N–H and O–H groups in total. The average molecular weight is 261 g/mol. The third-order valence-corrected chi connectivity index (χ3v) is 4.18. The van der Waals surface area contributed by atoms with Gasteiger partial charge in [-0.2, -0.15) is 5.26 Å². The van der Waals surface area contributed by atoms with Crippen molar-refractivity contribution in [1.82, 2.24) is 10.3 Å². The lowest BCUT2D eigenvalue weighted by molar-refractivity contribution is 0.412. The predicted octanol–water partition coefficient (Wildman–Crippen LogP) is 2.99. The van der Waals surface area contributed by atoms with Gasteiger partial charge in [0.15, 0.2) is 0 Å². The Hall–Kier alpha value is -1.05. The van der Waals surface area contributed by atoms with Crippen molar-refractivity contribution in [2.45, 2.75) is 49.1 Å². The molecular weight excluding hydrogens is 242 g/mol. The van der Waals surface area contributed by atoms with E-state index < -0.39 is 0 Å². The van der Waals surface area contributed by atoms with E-state index in [1.54, 1.807) is 0 Å². The summed E-state index contributed by atoms with van der Waals surface area (Å²) in [5.41, 5.74) is -0.347. The second-order valence-electron chi connectivity index (χ2n) is 5.00. The van der Waals surface area contributed by atoms with Crippen molar-refractivity contribution in [3.63, 3.8) is 0 Å². The first kappa shape index (κ1) is 13.4. The number of hydrogen-bond acceptors (Lipinski definition) is 4. The van der Waals surface area contributed by atoms with Crippen LogP contribution in [0.3, 0.4) is 0 Å². The zero-order valence-electron chi connectivity index (χ0n) is 10.7. The molecule has 1 unspecified atom stereocenters. The molecule has 0 aliphatic heterocycles. The van der Waals surface area contributed by atoms with Gasteiger partial charge in [0.1, 0.15) is 5.54 Å². The molecule has 96 valence electrons. The molecule has 0 spiro atoms. The van der Waals surface area contributed by atoms with Gasteiger partial charge in [-0.3, -0.25) is 10.3 Å². The van der Waals surface area contributed by atoms with Crippen molar-refractivity contribution < 1.29 is 0 Å². The van der Waals surface area contributed by atoms with Crippen molar-refractivity contribution in [2.24, 2.45) is 0 Å². The highest BCUT2D eigenvalue weighted by Gasteiger charge is 2.31.